The van der Waals surface area contributed by atoms with Crippen LogP contribution in [-0.2, 0) is 14.6 Å². The second kappa shape index (κ2) is 10.7. The molecule has 3 aromatic rings. The molecule has 0 spiro atoms. The molecule has 0 aliphatic heterocycles. The van der Waals surface area contributed by atoms with Gasteiger partial charge in [-0.05, 0) is 0 Å². The molecule has 0 bridgehead atoms. The Morgan fingerprint density at radius 2 is 1.76 bits per heavy atom. The van der Waals surface area contributed by atoms with E-state index in [1.54, 1.807) is 63.6 Å². The molecule has 9 nitrogen and oxygen atoms in total. The van der Waals surface area contributed by atoms with Crippen LogP contribution in [0, 0.1) is 0 Å². The third-order valence-electron chi connectivity index (χ3n) is 4.36. The average Bonchev–Trinajstić information content (AvgIpc) is 2.78. The van der Waals surface area contributed by atoms with Crippen LogP contribution in [0.1, 0.15) is 17.3 Å². The summed E-state index contributed by atoms with van der Waals surface area (Å²) in [5, 5.41) is 3.08. The molecule has 0 atom stereocenters. The van der Waals surface area contributed by atoms with Crippen LogP contribution in [0.2, 0.25) is 0 Å². The van der Waals surface area contributed by atoms with Gasteiger partial charge in [-0.1, -0.05) is 0 Å². The second-order valence-electron chi connectivity index (χ2n) is 6.73. The first kappa shape index (κ1) is 24.5. The summed E-state index contributed by atoms with van der Waals surface area (Å²) in [4.78, 5) is 21.5. The molecule has 33 heavy (non-hydrogen) atoms. The molecule has 1 aromatic heterocycles. The number of rotatable bonds is 9. The van der Waals surface area contributed by atoms with Crippen LogP contribution in [0.25, 0.3) is 0 Å². The molecule has 11 heteroatoms. The Morgan fingerprint density at radius 3 is 2.36 bits per heavy atom. The van der Waals surface area contributed by atoms with E-state index in [1.807, 2.05) is 0 Å². The zero-order chi connectivity index (χ0) is 24.0. The van der Waals surface area contributed by atoms with E-state index >= 15 is 0 Å². The molecule has 0 saturated carbocycles. The molecule has 0 aliphatic rings. The Morgan fingerprint density at radius 1 is 1.09 bits per heavy atom. The van der Waals surface area contributed by atoms with Crippen molar-refractivity contribution in [2.24, 2.45) is 0 Å². The minimum atomic E-state index is -3.45. The number of carbonyl (C=O) groups excluding carboxylic acids is 1. The Bertz CT molecular complexity index is 1240. The van der Waals surface area contributed by atoms with Gasteiger partial charge < -0.3 is 0 Å². The van der Waals surface area contributed by atoms with Crippen molar-refractivity contribution in [1.82, 2.24) is 9.97 Å². The number of esters is 1. The summed E-state index contributed by atoms with van der Waals surface area (Å²) in [6.07, 6.45) is 2.54. The zero-order valence-electron chi connectivity index (χ0n) is 18.5. The number of hydrogen-bond acceptors (Lipinski definition) is 9. The van der Waals surface area contributed by atoms with E-state index < -0.39 is 31.6 Å². The first-order valence-electron chi connectivity index (χ1n) is 9.80. The number of hydrogen-bond donors (Lipinski definition) is 1. The Hall–Kier alpha value is -3.10. The minimum absolute atomic E-state index is 0.193. The van der Waals surface area contributed by atoms with E-state index in [4.69, 9.17) is 14.2 Å². The quantitative estimate of drug-likeness (QED) is 0.323. The number of aromatic nitrogens is 2. The predicted molar refractivity (Wildman–Crippen MR) is 125 cm³/mol. The van der Waals surface area contributed by atoms with Crippen molar-refractivity contribution >= 4 is 52.0 Å². The van der Waals surface area contributed by atoms with Crippen LogP contribution >= 0.6 is 0 Å². The molecular weight excluding hydrogens is 509 g/mol. The van der Waals surface area contributed by atoms with Crippen molar-refractivity contribution in [3.05, 3.63) is 54.2 Å². The molecule has 0 saturated heterocycles. The normalized spacial score (nSPS) is 11.4. The van der Waals surface area contributed by atoms with E-state index in [0.717, 1.165) is 6.26 Å². The fraction of sp³-hybridized carbons (Fsp3) is 0.227. The number of nitrogens with one attached hydrogen (secondary N) is 1. The van der Waals surface area contributed by atoms with Gasteiger partial charge in [0.2, 0.25) is 0 Å². The van der Waals surface area contributed by atoms with Crippen molar-refractivity contribution in [3.63, 3.8) is 0 Å². The van der Waals surface area contributed by atoms with Crippen LogP contribution in [0.15, 0.2) is 53.6 Å². The number of sulfone groups is 1. The van der Waals surface area contributed by atoms with Crippen molar-refractivity contribution in [2.45, 2.75) is 11.8 Å². The van der Waals surface area contributed by atoms with Gasteiger partial charge in [-0.15, -0.1) is 0 Å². The topological polar surface area (TPSA) is 117 Å². The van der Waals surface area contributed by atoms with E-state index in [0.29, 0.717) is 26.0 Å². The van der Waals surface area contributed by atoms with Gasteiger partial charge in [0, 0.05) is 0 Å². The monoisotopic (exact) mass is 532 g/mol. The first-order valence-corrected chi connectivity index (χ1v) is 13.6. The number of ether oxygens (including phenoxy) is 3. The third kappa shape index (κ3) is 6.24. The van der Waals surface area contributed by atoms with Gasteiger partial charge in [0.1, 0.15) is 0 Å². The molecule has 2 aromatic carbocycles. The third-order valence-corrected chi connectivity index (χ3v) is 8.33. The summed E-state index contributed by atoms with van der Waals surface area (Å²) >= 11 is -0.973. The predicted octanol–water partition coefficient (Wildman–Crippen LogP) is 1.47. The molecule has 1 heterocycles. The van der Waals surface area contributed by atoms with Gasteiger partial charge in [0.25, 0.3) is 0 Å². The SMILES string of the molecule is CCOC(=O)c1cnc(Nc2cc(OC)cc(OC)c2)nc1[As]c1ccccc1S(C)(=O)=O. The standard InChI is InChI=1S/C22H23AsN3O6S/c1-5-32-21(27)17-13-24-22(25-14-10-15(30-2)12-16(11-14)31-3)26-20(17)23-18-8-6-7-9-19(18)33(4,28)29/h6-13H,5H2,1-4H3,(H,24,25,26). The van der Waals surface area contributed by atoms with Gasteiger partial charge in [0.15, 0.2) is 0 Å². The summed E-state index contributed by atoms with van der Waals surface area (Å²) in [7, 11) is -0.359. The molecule has 1 radical (unpaired) electrons. The van der Waals surface area contributed by atoms with Gasteiger partial charge in [-0.3, -0.25) is 0 Å². The summed E-state index contributed by atoms with van der Waals surface area (Å²) < 4.78 is 41.2. The number of benzene rings is 2. The number of anilines is 2. The summed E-state index contributed by atoms with van der Waals surface area (Å²) in [6, 6.07) is 11.9. The van der Waals surface area contributed by atoms with Gasteiger partial charge in [-0.25, -0.2) is 0 Å². The Balaban J connectivity index is 2.04. The number of nitrogens with zero attached hydrogens (tertiary/aromatic N) is 2. The van der Waals surface area contributed by atoms with Crippen LogP contribution in [0.5, 0.6) is 11.5 Å². The number of methoxy groups -OCH3 is 2. The average molecular weight is 532 g/mol. The fourth-order valence-corrected chi connectivity index (χ4v) is 6.98. The molecule has 1 N–H and O–H groups in total. The van der Waals surface area contributed by atoms with Crippen LogP contribution in [0.3, 0.4) is 0 Å². The molecular formula is C22H23AsN3O6S. The molecule has 0 aliphatic carbocycles. The maximum absolute atomic E-state index is 12.5. The molecule has 173 valence electrons. The molecule has 0 unspecified atom stereocenters. The van der Waals surface area contributed by atoms with Crippen molar-refractivity contribution in [2.75, 3.05) is 32.4 Å². The van der Waals surface area contributed by atoms with Crippen molar-refractivity contribution in [3.8, 4) is 11.5 Å². The zero-order valence-corrected chi connectivity index (χ0v) is 21.2. The Labute approximate surface area is 199 Å². The van der Waals surface area contributed by atoms with Crippen molar-refractivity contribution in [1.29, 1.82) is 0 Å². The molecule has 3 rings (SSSR count). The summed E-state index contributed by atoms with van der Waals surface area (Å²) in [5.74, 6) is 0.831. The van der Waals surface area contributed by atoms with E-state index in [-0.39, 0.29) is 23.0 Å². The van der Waals surface area contributed by atoms with Gasteiger partial charge in [-0.2, -0.15) is 0 Å². The van der Waals surface area contributed by atoms with E-state index in [1.165, 1.54) is 6.20 Å². The second-order valence-corrected chi connectivity index (χ2v) is 11.1. The van der Waals surface area contributed by atoms with E-state index in [9.17, 15) is 13.2 Å². The first-order chi connectivity index (χ1) is 15.7. The summed E-state index contributed by atoms with van der Waals surface area (Å²) in [5.41, 5.74) is 0.822. The van der Waals surface area contributed by atoms with E-state index in [2.05, 4.69) is 15.3 Å². The van der Waals surface area contributed by atoms with Crippen LogP contribution < -0.4 is 23.6 Å². The maximum atomic E-state index is 12.5. The van der Waals surface area contributed by atoms with Crippen LogP contribution in [-0.4, -0.2) is 67.2 Å². The molecule has 0 fully saturated rings. The van der Waals surface area contributed by atoms with Crippen molar-refractivity contribution < 1.29 is 27.4 Å². The fourth-order valence-electron chi connectivity index (χ4n) is 2.86. The van der Waals surface area contributed by atoms with Gasteiger partial charge >= 0.3 is 199 Å². The van der Waals surface area contributed by atoms with Gasteiger partial charge in [0.05, 0.1) is 0 Å². The Kier molecular flexibility index (Phi) is 7.94. The number of carbonyl (C=O) groups is 1. The molecule has 0 amide bonds. The summed E-state index contributed by atoms with van der Waals surface area (Å²) in [6.45, 7) is 1.90. The van der Waals surface area contributed by atoms with Crippen LogP contribution in [0.4, 0.5) is 11.6 Å².